The van der Waals surface area contributed by atoms with Crippen LogP contribution in [0.5, 0.6) is 0 Å². The Morgan fingerprint density at radius 2 is 2.25 bits per heavy atom. The number of aliphatic hydroxyl groups excluding tert-OH is 2. The van der Waals surface area contributed by atoms with Gasteiger partial charge in [-0.1, -0.05) is 0 Å². The number of H-pyrrole nitrogens is 1. The van der Waals surface area contributed by atoms with Crippen LogP contribution in [0.4, 0.5) is 0 Å². The van der Waals surface area contributed by atoms with Gasteiger partial charge in [-0.3, -0.25) is 0 Å². The Morgan fingerprint density at radius 1 is 1.44 bits per heavy atom. The van der Waals surface area contributed by atoms with Gasteiger partial charge >= 0.3 is 0 Å². The van der Waals surface area contributed by atoms with E-state index in [1.165, 1.54) is 0 Å². The summed E-state index contributed by atoms with van der Waals surface area (Å²) in [6, 6.07) is 3.65. The number of nitrogens with zero attached hydrogens (tertiary/aromatic N) is 1. The van der Waals surface area contributed by atoms with E-state index in [1.54, 1.807) is 18.5 Å². The third kappa shape index (κ3) is 1.92. The van der Waals surface area contributed by atoms with Gasteiger partial charge in [-0.2, -0.15) is 0 Å². The van der Waals surface area contributed by atoms with Crippen LogP contribution in [0.15, 0.2) is 24.5 Å². The lowest BCUT2D eigenvalue weighted by atomic mass is 10.0. The van der Waals surface area contributed by atoms with Crippen molar-refractivity contribution in [2.45, 2.75) is 18.6 Å². The van der Waals surface area contributed by atoms with Crippen LogP contribution in [0.2, 0.25) is 0 Å². The van der Waals surface area contributed by atoms with Crippen LogP contribution in [0.1, 0.15) is 18.1 Å². The highest BCUT2D eigenvalue weighted by atomic mass is 16.3. The summed E-state index contributed by atoms with van der Waals surface area (Å²) >= 11 is 0. The molecule has 0 bridgehead atoms. The van der Waals surface area contributed by atoms with Crippen LogP contribution >= 0.6 is 0 Å². The molecular formula is C11H15N3O2. The highest BCUT2D eigenvalue weighted by Gasteiger charge is 2.20. The fourth-order valence-electron chi connectivity index (χ4n) is 1.76. The zero-order valence-electron chi connectivity index (χ0n) is 8.80. The van der Waals surface area contributed by atoms with Crippen molar-refractivity contribution in [2.24, 2.45) is 5.73 Å². The molecule has 2 atom stereocenters. The van der Waals surface area contributed by atoms with Crippen molar-refractivity contribution in [3.63, 3.8) is 0 Å². The molecule has 86 valence electrons. The normalized spacial score (nSPS) is 15.2. The molecular weight excluding hydrogens is 206 g/mol. The van der Waals surface area contributed by atoms with E-state index in [9.17, 15) is 10.2 Å². The molecule has 2 heterocycles. The minimum Gasteiger partial charge on any atom is -0.390 e. The molecule has 0 radical (unpaired) electrons. The first-order valence-corrected chi connectivity index (χ1v) is 5.22. The number of nitrogens with one attached hydrogen (secondary N) is 1. The summed E-state index contributed by atoms with van der Waals surface area (Å²) in [5, 5.41) is 20.5. The first kappa shape index (κ1) is 11.1. The summed E-state index contributed by atoms with van der Waals surface area (Å²) in [5.41, 5.74) is 6.70. The number of pyridine rings is 1. The topological polar surface area (TPSA) is 95.2 Å². The predicted octanol–water partition coefficient (Wildman–Crippen LogP) is 0.306. The zero-order chi connectivity index (χ0) is 11.5. The number of rotatable bonds is 4. The fraction of sp³-hybridized carbons (Fsp3) is 0.364. The van der Waals surface area contributed by atoms with Crippen LogP contribution in [-0.4, -0.2) is 32.8 Å². The second-order valence-electron chi connectivity index (χ2n) is 3.73. The molecule has 2 unspecified atom stereocenters. The largest absolute Gasteiger partial charge is 0.390 e. The van der Waals surface area contributed by atoms with Crippen molar-refractivity contribution in [3.05, 3.63) is 30.1 Å². The maximum atomic E-state index is 9.95. The van der Waals surface area contributed by atoms with E-state index < -0.39 is 12.2 Å². The van der Waals surface area contributed by atoms with E-state index in [0.29, 0.717) is 24.2 Å². The highest BCUT2D eigenvalue weighted by molar-refractivity contribution is 5.79. The van der Waals surface area contributed by atoms with Crippen LogP contribution in [-0.2, 0) is 0 Å². The van der Waals surface area contributed by atoms with Gasteiger partial charge in [0.25, 0.3) is 0 Å². The Balaban J connectivity index is 2.32. The van der Waals surface area contributed by atoms with Gasteiger partial charge in [0.1, 0.15) is 11.8 Å². The standard InChI is InChI=1S/C11H15N3O2/c12-4-3-9(15)10(16)8-6-14-11-7(8)2-1-5-13-11/h1-2,5-6,9-10,15-16H,3-4,12H2,(H,13,14). The summed E-state index contributed by atoms with van der Waals surface area (Å²) in [4.78, 5) is 7.07. The van der Waals surface area contributed by atoms with Gasteiger partial charge in [-0.15, -0.1) is 0 Å². The third-order valence-electron chi connectivity index (χ3n) is 2.63. The van der Waals surface area contributed by atoms with Crippen molar-refractivity contribution in [1.29, 1.82) is 0 Å². The molecule has 5 heteroatoms. The summed E-state index contributed by atoms with van der Waals surface area (Å²) in [6.45, 7) is 0.346. The lowest BCUT2D eigenvalue weighted by molar-refractivity contribution is 0.0159. The monoisotopic (exact) mass is 221 g/mol. The third-order valence-corrected chi connectivity index (χ3v) is 2.63. The van der Waals surface area contributed by atoms with Gasteiger partial charge in [0.2, 0.25) is 0 Å². The summed E-state index contributed by atoms with van der Waals surface area (Å²) < 4.78 is 0. The molecule has 0 saturated heterocycles. The Labute approximate surface area is 92.9 Å². The lowest BCUT2D eigenvalue weighted by Crippen LogP contribution is -2.21. The number of aromatic amines is 1. The van der Waals surface area contributed by atoms with Gasteiger partial charge in [0.15, 0.2) is 0 Å². The van der Waals surface area contributed by atoms with E-state index in [2.05, 4.69) is 9.97 Å². The first-order chi connectivity index (χ1) is 7.74. The van der Waals surface area contributed by atoms with Crippen molar-refractivity contribution in [2.75, 3.05) is 6.54 Å². The van der Waals surface area contributed by atoms with E-state index in [-0.39, 0.29) is 0 Å². The molecule has 0 spiro atoms. The Morgan fingerprint density at radius 3 is 3.00 bits per heavy atom. The molecule has 0 aliphatic carbocycles. The molecule has 16 heavy (non-hydrogen) atoms. The molecule has 5 N–H and O–H groups in total. The fourth-order valence-corrected chi connectivity index (χ4v) is 1.76. The van der Waals surface area contributed by atoms with Gasteiger partial charge in [0, 0.05) is 23.3 Å². The average Bonchev–Trinajstić information content (AvgIpc) is 2.72. The number of hydrogen-bond donors (Lipinski definition) is 4. The summed E-state index contributed by atoms with van der Waals surface area (Å²) in [5.74, 6) is 0. The molecule has 0 fully saturated rings. The van der Waals surface area contributed by atoms with E-state index >= 15 is 0 Å². The van der Waals surface area contributed by atoms with Gasteiger partial charge in [-0.25, -0.2) is 4.98 Å². The molecule has 0 saturated carbocycles. The minimum absolute atomic E-state index is 0.346. The number of fused-ring (bicyclic) bond motifs is 1. The maximum Gasteiger partial charge on any atom is 0.137 e. The molecule has 0 amide bonds. The van der Waals surface area contributed by atoms with Gasteiger partial charge in [0.05, 0.1) is 6.10 Å². The highest BCUT2D eigenvalue weighted by Crippen LogP contribution is 2.25. The Kier molecular flexibility index (Phi) is 3.19. The lowest BCUT2D eigenvalue weighted by Gasteiger charge is -2.16. The molecule has 0 aliphatic heterocycles. The van der Waals surface area contributed by atoms with Crippen LogP contribution < -0.4 is 5.73 Å². The Bertz CT molecular complexity index is 469. The van der Waals surface area contributed by atoms with E-state index in [1.807, 2.05) is 6.07 Å². The van der Waals surface area contributed by atoms with Gasteiger partial charge < -0.3 is 20.9 Å². The van der Waals surface area contributed by atoms with Crippen molar-refractivity contribution >= 4 is 11.0 Å². The molecule has 0 aromatic carbocycles. The molecule has 2 rings (SSSR count). The molecule has 2 aromatic heterocycles. The molecule has 0 aliphatic rings. The zero-order valence-corrected chi connectivity index (χ0v) is 8.80. The van der Waals surface area contributed by atoms with Gasteiger partial charge in [-0.05, 0) is 25.1 Å². The van der Waals surface area contributed by atoms with Crippen molar-refractivity contribution < 1.29 is 10.2 Å². The van der Waals surface area contributed by atoms with Crippen LogP contribution in [0.3, 0.4) is 0 Å². The number of nitrogens with two attached hydrogens (primary N) is 1. The van der Waals surface area contributed by atoms with E-state index in [4.69, 9.17) is 5.73 Å². The number of aliphatic hydroxyl groups is 2. The summed E-state index contributed by atoms with van der Waals surface area (Å²) in [6.07, 6.45) is 1.94. The molecule has 2 aromatic rings. The first-order valence-electron chi connectivity index (χ1n) is 5.22. The molecule has 5 nitrogen and oxygen atoms in total. The second kappa shape index (κ2) is 4.61. The summed E-state index contributed by atoms with van der Waals surface area (Å²) in [7, 11) is 0. The maximum absolute atomic E-state index is 9.95. The number of hydrogen-bond acceptors (Lipinski definition) is 4. The second-order valence-corrected chi connectivity index (χ2v) is 3.73. The van der Waals surface area contributed by atoms with Crippen LogP contribution in [0, 0.1) is 0 Å². The van der Waals surface area contributed by atoms with Crippen molar-refractivity contribution in [1.82, 2.24) is 9.97 Å². The smallest absolute Gasteiger partial charge is 0.137 e. The van der Waals surface area contributed by atoms with E-state index in [0.717, 1.165) is 5.39 Å². The van der Waals surface area contributed by atoms with Crippen molar-refractivity contribution in [3.8, 4) is 0 Å². The minimum atomic E-state index is -0.929. The predicted molar refractivity (Wildman–Crippen MR) is 60.7 cm³/mol. The number of aromatic nitrogens is 2. The van der Waals surface area contributed by atoms with Crippen LogP contribution in [0.25, 0.3) is 11.0 Å². The average molecular weight is 221 g/mol. The SMILES string of the molecule is NCCC(O)C(O)c1c[nH]c2ncccc12. The Hall–Kier alpha value is -1.43. The quantitative estimate of drug-likeness (QED) is 0.597.